The first-order valence-electron chi connectivity index (χ1n) is 9.71. The van der Waals surface area contributed by atoms with Crippen LogP contribution in [0.5, 0.6) is 11.5 Å². The zero-order chi connectivity index (χ0) is 23.0. The molecule has 1 atom stereocenters. The number of anilines is 1. The second kappa shape index (κ2) is 8.43. The lowest BCUT2D eigenvalue weighted by Gasteiger charge is -2.25. The van der Waals surface area contributed by atoms with E-state index in [2.05, 4.69) is 0 Å². The average molecular weight is 454 g/mol. The predicted octanol–water partition coefficient (Wildman–Crippen LogP) is 4.88. The van der Waals surface area contributed by atoms with E-state index < -0.39 is 23.5 Å². The molecule has 1 saturated heterocycles. The van der Waals surface area contributed by atoms with Gasteiger partial charge in [0.25, 0.3) is 11.7 Å². The maximum atomic E-state index is 13.2. The van der Waals surface area contributed by atoms with Gasteiger partial charge in [0.1, 0.15) is 34.8 Å². The Labute approximate surface area is 189 Å². The number of hydrogen-bond donors (Lipinski definition) is 1. The fraction of sp³-hybridized carbons (Fsp3) is 0.167. The number of Topliss-reactive ketones (excluding diaryl/α,β-unsaturated/α-hetero) is 1. The van der Waals surface area contributed by atoms with Gasteiger partial charge in [0.2, 0.25) is 0 Å². The van der Waals surface area contributed by atoms with Gasteiger partial charge in [0.15, 0.2) is 0 Å². The Bertz CT molecular complexity index is 1240. The summed E-state index contributed by atoms with van der Waals surface area (Å²) >= 11 is 6.12. The molecule has 0 saturated carbocycles. The maximum Gasteiger partial charge on any atom is 0.300 e. The molecule has 32 heavy (non-hydrogen) atoms. The summed E-state index contributed by atoms with van der Waals surface area (Å²) in [7, 11) is 2.90. The number of rotatable bonds is 5. The van der Waals surface area contributed by atoms with E-state index in [1.165, 1.54) is 25.2 Å². The standard InChI is InChI=1S/C24H20ClNO6/c1-13-8-10-19(32-13)21-20(22(27)15-12-14(25)9-11-17(15)30-2)23(28)24(29)26(21)16-6-4-5-7-18(16)31-3/h4-12,21,27H,1-3H3/b22-20+. The van der Waals surface area contributed by atoms with Crippen molar-refractivity contribution in [3.63, 3.8) is 0 Å². The summed E-state index contributed by atoms with van der Waals surface area (Å²) < 4.78 is 16.5. The van der Waals surface area contributed by atoms with Gasteiger partial charge in [-0.25, -0.2) is 0 Å². The SMILES string of the molecule is COc1ccc(Cl)cc1/C(O)=C1\C(=O)C(=O)N(c2ccccc2OC)C1c1ccc(C)o1. The minimum Gasteiger partial charge on any atom is -0.507 e. The van der Waals surface area contributed by atoms with Gasteiger partial charge in [-0.05, 0) is 49.4 Å². The van der Waals surface area contributed by atoms with Crippen molar-refractivity contribution in [2.24, 2.45) is 0 Å². The number of carbonyl (C=O) groups excluding carboxylic acids is 2. The molecule has 8 heteroatoms. The molecule has 1 amide bonds. The Balaban J connectivity index is 2.00. The lowest BCUT2D eigenvalue weighted by molar-refractivity contribution is -0.132. The van der Waals surface area contributed by atoms with Crippen molar-refractivity contribution < 1.29 is 28.6 Å². The Morgan fingerprint density at radius 3 is 2.41 bits per heavy atom. The van der Waals surface area contributed by atoms with Gasteiger partial charge in [-0.1, -0.05) is 23.7 Å². The van der Waals surface area contributed by atoms with Crippen molar-refractivity contribution in [1.29, 1.82) is 0 Å². The number of aryl methyl sites for hydroxylation is 1. The number of para-hydroxylation sites is 2. The molecule has 7 nitrogen and oxygen atoms in total. The van der Waals surface area contributed by atoms with Gasteiger partial charge in [0, 0.05) is 5.02 Å². The molecule has 1 N–H and O–H groups in total. The Morgan fingerprint density at radius 2 is 1.75 bits per heavy atom. The third-order valence-electron chi connectivity index (χ3n) is 5.24. The van der Waals surface area contributed by atoms with Crippen LogP contribution in [-0.2, 0) is 9.59 Å². The lowest BCUT2D eigenvalue weighted by atomic mass is 9.98. The van der Waals surface area contributed by atoms with Crippen LogP contribution >= 0.6 is 11.6 Å². The monoisotopic (exact) mass is 453 g/mol. The van der Waals surface area contributed by atoms with E-state index in [0.717, 1.165) is 0 Å². The number of furan rings is 1. The van der Waals surface area contributed by atoms with Gasteiger partial charge in [0.05, 0.1) is 31.0 Å². The van der Waals surface area contributed by atoms with Crippen LogP contribution in [0.2, 0.25) is 5.02 Å². The topological polar surface area (TPSA) is 89.2 Å². The molecule has 1 unspecified atom stereocenters. The minimum absolute atomic E-state index is 0.143. The van der Waals surface area contributed by atoms with Crippen LogP contribution in [0.4, 0.5) is 5.69 Å². The molecule has 2 heterocycles. The third kappa shape index (κ3) is 3.50. The summed E-state index contributed by atoms with van der Waals surface area (Å²) in [6.07, 6.45) is 0. The minimum atomic E-state index is -1.02. The number of nitrogens with zero attached hydrogens (tertiary/aromatic N) is 1. The second-order valence-electron chi connectivity index (χ2n) is 7.13. The lowest BCUT2D eigenvalue weighted by Crippen LogP contribution is -2.29. The van der Waals surface area contributed by atoms with E-state index in [4.69, 9.17) is 25.5 Å². The second-order valence-corrected chi connectivity index (χ2v) is 7.57. The van der Waals surface area contributed by atoms with Gasteiger partial charge in [-0.3, -0.25) is 14.5 Å². The van der Waals surface area contributed by atoms with Crippen LogP contribution in [0.3, 0.4) is 0 Å². The number of halogens is 1. The van der Waals surface area contributed by atoms with Crippen LogP contribution in [0.25, 0.3) is 5.76 Å². The molecule has 0 bridgehead atoms. The number of aliphatic hydroxyl groups is 1. The van der Waals surface area contributed by atoms with Crippen molar-refractivity contribution in [3.8, 4) is 11.5 Å². The molecule has 3 aromatic rings. The zero-order valence-corrected chi connectivity index (χ0v) is 18.3. The quantitative estimate of drug-likeness (QED) is 0.336. The number of carbonyl (C=O) groups is 2. The molecule has 1 fully saturated rings. The highest BCUT2D eigenvalue weighted by molar-refractivity contribution is 6.52. The largest absolute Gasteiger partial charge is 0.507 e. The number of amides is 1. The van der Waals surface area contributed by atoms with Crippen LogP contribution in [0, 0.1) is 6.92 Å². The molecule has 1 aromatic heterocycles. The molecule has 0 aliphatic carbocycles. The van der Waals surface area contributed by atoms with Crippen LogP contribution in [-0.4, -0.2) is 31.0 Å². The van der Waals surface area contributed by atoms with Gasteiger partial charge in [-0.15, -0.1) is 0 Å². The Morgan fingerprint density at radius 1 is 1.03 bits per heavy atom. The third-order valence-corrected chi connectivity index (χ3v) is 5.47. The molecule has 1 aliphatic rings. The van der Waals surface area contributed by atoms with E-state index >= 15 is 0 Å². The highest BCUT2D eigenvalue weighted by atomic mass is 35.5. The van der Waals surface area contributed by atoms with Crippen LogP contribution in [0.1, 0.15) is 23.1 Å². The average Bonchev–Trinajstić information content (AvgIpc) is 3.34. The van der Waals surface area contributed by atoms with E-state index in [1.54, 1.807) is 55.5 Å². The smallest absolute Gasteiger partial charge is 0.300 e. The maximum absolute atomic E-state index is 13.2. The summed E-state index contributed by atoms with van der Waals surface area (Å²) in [5.74, 6) is -0.515. The molecular weight excluding hydrogens is 434 g/mol. The van der Waals surface area contributed by atoms with E-state index in [1.807, 2.05) is 0 Å². The highest BCUT2D eigenvalue weighted by Gasteiger charge is 2.49. The van der Waals surface area contributed by atoms with Gasteiger partial charge in [-0.2, -0.15) is 0 Å². The van der Waals surface area contributed by atoms with Crippen molar-refractivity contribution in [2.45, 2.75) is 13.0 Å². The van der Waals surface area contributed by atoms with E-state index in [0.29, 0.717) is 33.7 Å². The highest BCUT2D eigenvalue weighted by Crippen LogP contribution is 2.46. The summed E-state index contributed by atoms with van der Waals surface area (Å²) in [5.41, 5.74) is 0.412. The molecular formula is C24H20ClNO6. The van der Waals surface area contributed by atoms with Crippen molar-refractivity contribution in [2.75, 3.05) is 19.1 Å². The summed E-state index contributed by atoms with van der Waals surface area (Å²) in [4.78, 5) is 27.7. The van der Waals surface area contributed by atoms with Crippen molar-refractivity contribution in [3.05, 3.63) is 82.3 Å². The molecule has 0 spiro atoms. The molecule has 0 radical (unpaired) electrons. The summed E-state index contributed by atoms with van der Waals surface area (Å²) in [6, 6.07) is 13.8. The van der Waals surface area contributed by atoms with Gasteiger partial charge >= 0.3 is 0 Å². The van der Waals surface area contributed by atoms with Crippen LogP contribution in [0.15, 0.2) is 64.6 Å². The number of ether oxygens (including phenoxy) is 2. The zero-order valence-electron chi connectivity index (χ0n) is 17.6. The summed E-state index contributed by atoms with van der Waals surface area (Å²) in [6.45, 7) is 1.75. The van der Waals surface area contributed by atoms with E-state index in [-0.39, 0.29) is 11.1 Å². The van der Waals surface area contributed by atoms with Crippen molar-refractivity contribution in [1.82, 2.24) is 0 Å². The number of hydrogen-bond acceptors (Lipinski definition) is 6. The van der Waals surface area contributed by atoms with E-state index in [9.17, 15) is 14.7 Å². The predicted molar refractivity (Wildman–Crippen MR) is 119 cm³/mol. The molecule has 1 aliphatic heterocycles. The fourth-order valence-electron chi connectivity index (χ4n) is 3.79. The molecule has 164 valence electrons. The Hall–Kier alpha value is -3.71. The first-order valence-corrected chi connectivity index (χ1v) is 10.1. The van der Waals surface area contributed by atoms with Gasteiger partial charge < -0.3 is 19.0 Å². The summed E-state index contributed by atoms with van der Waals surface area (Å²) in [5, 5.41) is 11.6. The first-order chi connectivity index (χ1) is 15.4. The van der Waals surface area contributed by atoms with Crippen molar-refractivity contribution >= 4 is 34.7 Å². The number of methoxy groups -OCH3 is 2. The number of ketones is 1. The number of aliphatic hydroxyl groups excluding tert-OH is 1. The molecule has 2 aromatic carbocycles. The fourth-order valence-corrected chi connectivity index (χ4v) is 3.96. The van der Waals surface area contributed by atoms with Crippen LogP contribution < -0.4 is 14.4 Å². The molecule has 4 rings (SSSR count). The normalized spacial score (nSPS) is 17.6. The Kier molecular flexibility index (Phi) is 5.67. The first kappa shape index (κ1) is 21.5. The number of benzene rings is 2.